The molecule has 0 bridgehead atoms. The third-order valence-electron chi connectivity index (χ3n) is 4.15. The van der Waals surface area contributed by atoms with Crippen LogP contribution in [0, 0.1) is 12.8 Å². The van der Waals surface area contributed by atoms with E-state index in [1.165, 1.54) is 11.3 Å². The molecule has 1 saturated heterocycles. The molecule has 0 aromatic carbocycles. The minimum absolute atomic E-state index is 0.369. The van der Waals surface area contributed by atoms with Gasteiger partial charge in [-0.3, -0.25) is 0 Å². The van der Waals surface area contributed by atoms with Crippen LogP contribution in [0.15, 0.2) is 16.3 Å². The first-order chi connectivity index (χ1) is 9.95. The molecule has 1 aliphatic heterocycles. The average Bonchev–Trinajstić information content (AvgIpc) is 2.92. The number of hydrogen-bond donors (Lipinski definition) is 1. The zero-order chi connectivity index (χ0) is 15.5. The highest BCUT2D eigenvalue weighted by Gasteiger charge is 2.32. The van der Waals surface area contributed by atoms with Gasteiger partial charge >= 0.3 is 0 Å². The van der Waals surface area contributed by atoms with Crippen LogP contribution in [0.3, 0.4) is 0 Å². The second-order valence-electron chi connectivity index (χ2n) is 5.87. The van der Waals surface area contributed by atoms with E-state index in [0.29, 0.717) is 29.3 Å². The minimum Gasteiger partial charge on any atom is -0.314 e. The summed E-state index contributed by atoms with van der Waals surface area (Å²) in [5, 5.41) is 3.50. The van der Waals surface area contributed by atoms with Crippen LogP contribution in [0.5, 0.6) is 0 Å². The lowest BCUT2D eigenvalue weighted by Crippen LogP contribution is -2.46. The highest BCUT2D eigenvalue weighted by atomic mass is 32.2. The zero-order valence-corrected chi connectivity index (χ0v) is 14.8. The summed E-state index contributed by atoms with van der Waals surface area (Å²) in [7, 11) is -3.30. The van der Waals surface area contributed by atoms with Gasteiger partial charge in [-0.1, -0.05) is 6.92 Å². The Bertz CT molecular complexity index is 554. The third-order valence-corrected chi connectivity index (χ3v) is 7.49. The van der Waals surface area contributed by atoms with E-state index in [-0.39, 0.29) is 0 Å². The summed E-state index contributed by atoms with van der Waals surface area (Å²) >= 11 is 1.37. The molecule has 21 heavy (non-hydrogen) atoms. The van der Waals surface area contributed by atoms with Crippen LogP contribution in [0.4, 0.5) is 0 Å². The van der Waals surface area contributed by atoms with E-state index >= 15 is 0 Å². The molecule has 0 amide bonds. The molecule has 4 nitrogen and oxygen atoms in total. The van der Waals surface area contributed by atoms with Crippen LogP contribution in [0.2, 0.25) is 0 Å². The van der Waals surface area contributed by atoms with E-state index in [1.807, 2.05) is 13.0 Å². The van der Waals surface area contributed by atoms with Gasteiger partial charge < -0.3 is 5.32 Å². The second kappa shape index (κ2) is 7.22. The van der Waals surface area contributed by atoms with E-state index < -0.39 is 10.0 Å². The molecule has 0 aliphatic carbocycles. The fraction of sp³-hybridized carbons (Fsp3) is 0.733. The maximum atomic E-state index is 12.7. The highest BCUT2D eigenvalue weighted by molar-refractivity contribution is 7.91. The molecule has 2 rings (SSSR count). The standard InChI is InChI=1S/C15H26N2O2S2/c1-4-9-16-13(3)14-6-5-10-17(11-14)21(18,19)15-8-7-12(2)20-15/h7-8,13-14,16H,4-6,9-11H2,1-3H3. The fourth-order valence-electron chi connectivity index (χ4n) is 2.82. The second-order valence-corrected chi connectivity index (χ2v) is 9.33. The summed E-state index contributed by atoms with van der Waals surface area (Å²) in [6.07, 6.45) is 3.16. The van der Waals surface area contributed by atoms with Crippen molar-refractivity contribution in [3.8, 4) is 0 Å². The number of piperidine rings is 1. The topological polar surface area (TPSA) is 49.4 Å². The number of sulfonamides is 1. The van der Waals surface area contributed by atoms with Crippen molar-refractivity contribution in [1.29, 1.82) is 0 Å². The summed E-state index contributed by atoms with van der Waals surface area (Å²) in [6, 6.07) is 3.98. The molecule has 2 heterocycles. The van der Waals surface area contributed by atoms with Gasteiger partial charge in [-0.05, 0) is 57.7 Å². The van der Waals surface area contributed by atoms with Crippen LogP contribution in [-0.2, 0) is 10.0 Å². The molecular formula is C15H26N2O2S2. The largest absolute Gasteiger partial charge is 0.314 e. The SMILES string of the molecule is CCCNC(C)C1CCCN(S(=O)(=O)c2ccc(C)s2)C1. The van der Waals surface area contributed by atoms with E-state index in [1.54, 1.807) is 10.4 Å². The number of nitrogens with zero attached hydrogens (tertiary/aromatic N) is 1. The summed E-state index contributed by atoms with van der Waals surface area (Å²) in [5.74, 6) is 0.404. The summed E-state index contributed by atoms with van der Waals surface area (Å²) in [6.45, 7) is 8.55. The Kier molecular flexibility index (Phi) is 5.82. The third kappa shape index (κ3) is 4.06. The number of aryl methyl sites for hydroxylation is 1. The van der Waals surface area contributed by atoms with Crippen molar-refractivity contribution in [3.63, 3.8) is 0 Å². The first-order valence-electron chi connectivity index (χ1n) is 7.75. The van der Waals surface area contributed by atoms with Crippen molar-refractivity contribution in [2.45, 2.75) is 50.3 Å². The molecule has 2 unspecified atom stereocenters. The van der Waals surface area contributed by atoms with Crippen LogP contribution in [0.25, 0.3) is 0 Å². The van der Waals surface area contributed by atoms with Crippen molar-refractivity contribution in [1.82, 2.24) is 9.62 Å². The summed E-state index contributed by atoms with van der Waals surface area (Å²) in [5.41, 5.74) is 0. The predicted molar refractivity (Wildman–Crippen MR) is 88.3 cm³/mol. The molecule has 0 radical (unpaired) electrons. The van der Waals surface area contributed by atoms with Crippen molar-refractivity contribution >= 4 is 21.4 Å². The van der Waals surface area contributed by atoms with Crippen molar-refractivity contribution in [2.24, 2.45) is 5.92 Å². The first kappa shape index (κ1) is 16.9. The quantitative estimate of drug-likeness (QED) is 0.872. The van der Waals surface area contributed by atoms with Gasteiger partial charge in [-0.15, -0.1) is 11.3 Å². The Balaban J connectivity index is 2.06. The Morgan fingerprint density at radius 3 is 2.86 bits per heavy atom. The van der Waals surface area contributed by atoms with Gasteiger partial charge in [0.25, 0.3) is 10.0 Å². The van der Waals surface area contributed by atoms with E-state index in [2.05, 4.69) is 19.2 Å². The number of rotatable bonds is 6. The van der Waals surface area contributed by atoms with Gasteiger partial charge in [0, 0.05) is 24.0 Å². The monoisotopic (exact) mass is 330 g/mol. The first-order valence-corrected chi connectivity index (χ1v) is 10.0. The lowest BCUT2D eigenvalue weighted by molar-refractivity contribution is 0.224. The molecule has 120 valence electrons. The Labute approximate surface area is 132 Å². The zero-order valence-electron chi connectivity index (χ0n) is 13.1. The van der Waals surface area contributed by atoms with Gasteiger partial charge in [-0.2, -0.15) is 4.31 Å². The van der Waals surface area contributed by atoms with Crippen LogP contribution in [0.1, 0.15) is 38.0 Å². The number of hydrogen-bond acceptors (Lipinski definition) is 4. The maximum absolute atomic E-state index is 12.7. The van der Waals surface area contributed by atoms with E-state index in [4.69, 9.17) is 0 Å². The number of thiophene rings is 1. The molecule has 1 aromatic heterocycles. The van der Waals surface area contributed by atoms with Gasteiger partial charge in [-0.25, -0.2) is 8.42 Å². The highest BCUT2D eigenvalue weighted by Crippen LogP contribution is 2.29. The van der Waals surface area contributed by atoms with Crippen molar-refractivity contribution < 1.29 is 8.42 Å². The molecule has 1 fully saturated rings. The summed E-state index contributed by atoms with van der Waals surface area (Å²) < 4.78 is 27.6. The Hall–Kier alpha value is -0.430. The summed E-state index contributed by atoms with van der Waals surface area (Å²) in [4.78, 5) is 1.04. The van der Waals surface area contributed by atoms with Gasteiger partial charge in [0.1, 0.15) is 4.21 Å². The predicted octanol–water partition coefficient (Wildman–Crippen LogP) is 2.85. The smallest absolute Gasteiger partial charge is 0.252 e. The molecule has 1 aliphatic rings. The maximum Gasteiger partial charge on any atom is 0.252 e. The Morgan fingerprint density at radius 1 is 1.48 bits per heavy atom. The van der Waals surface area contributed by atoms with Gasteiger partial charge in [0.05, 0.1) is 0 Å². The minimum atomic E-state index is -3.30. The molecule has 6 heteroatoms. The molecular weight excluding hydrogens is 304 g/mol. The lowest BCUT2D eigenvalue weighted by Gasteiger charge is -2.35. The molecule has 0 spiro atoms. The van der Waals surface area contributed by atoms with Crippen LogP contribution >= 0.6 is 11.3 Å². The molecule has 2 atom stereocenters. The van der Waals surface area contributed by atoms with E-state index in [0.717, 1.165) is 30.7 Å². The fourth-order valence-corrected chi connectivity index (χ4v) is 5.79. The van der Waals surface area contributed by atoms with Crippen LogP contribution in [-0.4, -0.2) is 38.4 Å². The van der Waals surface area contributed by atoms with Gasteiger partial charge in [0.2, 0.25) is 0 Å². The lowest BCUT2D eigenvalue weighted by atomic mass is 9.93. The molecule has 0 saturated carbocycles. The normalized spacial score (nSPS) is 22.3. The molecule has 1 aromatic rings. The average molecular weight is 331 g/mol. The van der Waals surface area contributed by atoms with Gasteiger partial charge in [0.15, 0.2) is 0 Å². The van der Waals surface area contributed by atoms with Crippen molar-refractivity contribution in [3.05, 3.63) is 17.0 Å². The van der Waals surface area contributed by atoms with E-state index in [9.17, 15) is 8.42 Å². The number of nitrogens with one attached hydrogen (secondary N) is 1. The Morgan fingerprint density at radius 2 is 2.24 bits per heavy atom. The molecule has 1 N–H and O–H groups in total. The van der Waals surface area contributed by atoms with Crippen LogP contribution < -0.4 is 5.32 Å². The van der Waals surface area contributed by atoms with Crippen molar-refractivity contribution in [2.75, 3.05) is 19.6 Å².